The summed E-state index contributed by atoms with van der Waals surface area (Å²) in [6.45, 7) is 3.96. The molecule has 1 aliphatic rings. The highest BCUT2D eigenvalue weighted by Gasteiger charge is 2.35. The van der Waals surface area contributed by atoms with Crippen molar-refractivity contribution in [2.45, 2.75) is 64.1 Å². The van der Waals surface area contributed by atoms with Crippen LogP contribution in [-0.2, 0) is 19.0 Å². The van der Waals surface area contributed by atoms with Gasteiger partial charge in [-0.05, 0) is 87.3 Å². The largest absolute Gasteiger partial charge is 0.418 e. The third kappa shape index (κ3) is 5.49. The minimum atomic E-state index is -4.53. The van der Waals surface area contributed by atoms with E-state index in [9.17, 15) is 18.0 Å². The van der Waals surface area contributed by atoms with E-state index in [-0.39, 0.29) is 11.7 Å². The number of nitrogens with zero attached hydrogens (tertiary/aromatic N) is 1. The number of rotatable bonds is 8. The van der Waals surface area contributed by atoms with Crippen molar-refractivity contribution in [1.29, 1.82) is 0 Å². The highest BCUT2D eigenvalue weighted by atomic mass is 19.4. The molecule has 1 saturated carbocycles. The van der Waals surface area contributed by atoms with Gasteiger partial charge in [-0.3, -0.25) is 4.79 Å². The number of hydrogen-bond donors (Lipinski definition) is 1. The molecule has 33 heavy (non-hydrogen) atoms. The number of aromatic nitrogens is 1. The molecule has 1 heterocycles. The third-order valence-electron chi connectivity index (χ3n) is 6.14. The van der Waals surface area contributed by atoms with Gasteiger partial charge in [0.05, 0.1) is 11.3 Å². The molecule has 0 aliphatic heterocycles. The zero-order valence-electron chi connectivity index (χ0n) is 19.0. The molecule has 1 fully saturated rings. The van der Waals surface area contributed by atoms with Crippen molar-refractivity contribution in [3.05, 3.63) is 88.7 Å². The van der Waals surface area contributed by atoms with Gasteiger partial charge in [-0.2, -0.15) is 13.2 Å². The SMILES string of the molecule is CC(C)n1c(CCCc2ccccc2)ccc1C(=O)Nc1cc(C2CC2)ccc1C(F)(F)F. The van der Waals surface area contributed by atoms with Gasteiger partial charge in [0, 0.05) is 11.7 Å². The van der Waals surface area contributed by atoms with Crippen LogP contribution in [0.5, 0.6) is 0 Å². The van der Waals surface area contributed by atoms with Crippen LogP contribution in [0, 0.1) is 0 Å². The van der Waals surface area contributed by atoms with Gasteiger partial charge >= 0.3 is 6.18 Å². The summed E-state index contributed by atoms with van der Waals surface area (Å²) in [6.07, 6.45) is 0.0409. The van der Waals surface area contributed by atoms with Gasteiger partial charge in [0.25, 0.3) is 5.91 Å². The Morgan fingerprint density at radius 1 is 1.03 bits per heavy atom. The highest BCUT2D eigenvalue weighted by molar-refractivity contribution is 6.04. The van der Waals surface area contributed by atoms with Crippen LogP contribution in [0.25, 0.3) is 0 Å². The van der Waals surface area contributed by atoms with Gasteiger partial charge in [-0.25, -0.2) is 0 Å². The van der Waals surface area contributed by atoms with Crippen molar-refractivity contribution in [1.82, 2.24) is 4.57 Å². The zero-order valence-corrected chi connectivity index (χ0v) is 19.0. The van der Waals surface area contributed by atoms with E-state index in [1.165, 1.54) is 17.7 Å². The fourth-order valence-electron chi connectivity index (χ4n) is 4.38. The van der Waals surface area contributed by atoms with Crippen LogP contribution in [0.2, 0.25) is 0 Å². The molecule has 2 aromatic carbocycles. The van der Waals surface area contributed by atoms with E-state index in [0.717, 1.165) is 49.4 Å². The van der Waals surface area contributed by atoms with E-state index >= 15 is 0 Å². The Morgan fingerprint density at radius 3 is 2.39 bits per heavy atom. The average molecular weight is 455 g/mol. The first-order valence-electron chi connectivity index (χ1n) is 11.5. The smallest absolute Gasteiger partial charge is 0.338 e. The van der Waals surface area contributed by atoms with E-state index in [4.69, 9.17) is 0 Å². The lowest BCUT2D eigenvalue weighted by Gasteiger charge is -2.19. The molecule has 0 atom stereocenters. The van der Waals surface area contributed by atoms with Crippen molar-refractivity contribution >= 4 is 11.6 Å². The monoisotopic (exact) mass is 454 g/mol. The van der Waals surface area contributed by atoms with Crippen LogP contribution in [-0.4, -0.2) is 10.5 Å². The summed E-state index contributed by atoms with van der Waals surface area (Å²) in [4.78, 5) is 13.1. The van der Waals surface area contributed by atoms with Crippen molar-refractivity contribution in [3.8, 4) is 0 Å². The molecule has 1 aromatic heterocycles. The Balaban J connectivity index is 1.54. The van der Waals surface area contributed by atoms with E-state index in [1.54, 1.807) is 6.07 Å². The molecule has 174 valence electrons. The number of hydrogen-bond acceptors (Lipinski definition) is 1. The fourth-order valence-corrected chi connectivity index (χ4v) is 4.38. The zero-order chi connectivity index (χ0) is 23.6. The molecular weight excluding hydrogens is 425 g/mol. The lowest BCUT2D eigenvalue weighted by molar-refractivity contribution is -0.136. The summed E-state index contributed by atoms with van der Waals surface area (Å²) in [5.74, 6) is -0.227. The second-order valence-corrected chi connectivity index (χ2v) is 9.04. The number of aryl methyl sites for hydroxylation is 2. The molecule has 0 saturated heterocycles. The van der Waals surface area contributed by atoms with Crippen molar-refractivity contribution in [3.63, 3.8) is 0 Å². The first-order valence-corrected chi connectivity index (χ1v) is 11.5. The summed E-state index contributed by atoms with van der Waals surface area (Å²) >= 11 is 0. The maximum Gasteiger partial charge on any atom is 0.418 e. The standard InChI is InChI=1S/C27H29F3N2O/c1-18(2)32-22(10-6-9-19-7-4-3-5-8-19)14-16-25(32)26(33)31-24-17-21(20-11-12-20)13-15-23(24)27(28,29)30/h3-5,7-8,13-18,20H,6,9-12H2,1-2H3,(H,31,33). The lowest BCUT2D eigenvalue weighted by atomic mass is 10.0. The second kappa shape index (κ2) is 9.46. The average Bonchev–Trinajstić information content (AvgIpc) is 3.53. The number of benzene rings is 2. The van der Waals surface area contributed by atoms with Crippen LogP contribution in [0.3, 0.4) is 0 Å². The molecule has 1 aliphatic carbocycles. The second-order valence-electron chi connectivity index (χ2n) is 9.04. The van der Waals surface area contributed by atoms with Crippen LogP contribution in [0.1, 0.15) is 77.9 Å². The maximum atomic E-state index is 13.6. The van der Waals surface area contributed by atoms with Crippen molar-refractivity contribution in [2.24, 2.45) is 0 Å². The topological polar surface area (TPSA) is 34.0 Å². The normalized spacial score (nSPS) is 14.0. The Morgan fingerprint density at radius 2 is 1.76 bits per heavy atom. The Labute approximate surface area is 192 Å². The fraction of sp³-hybridized carbons (Fsp3) is 0.370. The number of amides is 1. The number of nitrogens with one attached hydrogen (secondary N) is 1. The molecule has 0 unspecified atom stereocenters. The minimum Gasteiger partial charge on any atom is -0.338 e. The summed E-state index contributed by atoms with van der Waals surface area (Å²) in [6, 6.07) is 17.9. The Kier molecular flexibility index (Phi) is 6.63. The van der Waals surface area contributed by atoms with Crippen molar-refractivity contribution < 1.29 is 18.0 Å². The molecule has 0 bridgehead atoms. The van der Waals surface area contributed by atoms with Gasteiger partial charge in [-0.15, -0.1) is 0 Å². The number of anilines is 1. The number of carbonyl (C=O) groups excluding carboxylic acids is 1. The number of alkyl halides is 3. The summed E-state index contributed by atoms with van der Waals surface area (Å²) in [5.41, 5.74) is 2.51. The van der Waals surface area contributed by atoms with E-state index in [0.29, 0.717) is 11.6 Å². The van der Waals surface area contributed by atoms with Gasteiger partial charge in [0.1, 0.15) is 5.69 Å². The first-order chi connectivity index (χ1) is 15.7. The molecule has 4 rings (SSSR count). The summed E-state index contributed by atoms with van der Waals surface area (Å²) in [7, 11) is 0. The van der Waals surface area contributed by atoms with Crippen LogP contribution in [0.15, 0.2) is 60.7 Å². The predicted octanol–water partition coefficient (Wildman–Crippen LogP) is 7.39. The molecule has 3 aromatic rings. The van der Waals surface area contributed by atoms with Crippen LogP contribution >= 0.6 is 0 Å². The van der Waals surface area contributed by atoms with Crippen LogP contribution in [0.4, 0.5) is 18.9 Å². The minimum absolute atomic E-state index is 0.00681. The highest BCUT2D eigenvalue weighted by Crippen LogP contribution is 2.43. The third-order valence-corrected chi connectivity index (χ3v) is 6.14. The molecule has 3 nitrogen and oxygen atoms in total. The van der Waals surface area contributed by atoms with Gasteiger partial charge < -0.3 is 9.88 Å². The molecule has 0 radical (unpaired) electrons. The molecule has 6 heteroatoms. The Bertz CT molecular complexity index is 1110. The number of carbonyl (C=O) groups is 1. The van der Waals surface area contributed by atoms with Crippen molar-refractivity contribution in [2.75, 3.05) is 5.32 Å². The summed E-state index contributed by atoms with van der Waals surface area (Å²) < 4.78 is 42.7. The van der Waals surface area contributed by atoms with Gasteiger partial charge in [-0.1, -0.05) is 36.4 Å². The molecule has 0 spiro atoms. The molecular formula is C27H29F3N2O. The van der Waals surface area contributed by atoms with Gasteiger partial charge in [0.15, 0.2) is 0 Å². The van der Waals surface area contributed by atoms with E-state index in [2.05, 4.69) is 17.4 Å². The number of halogens is 3. The lowest BCUT2D eigenvalue weighted by Crippen LogP contribution is -2.21. The predicted molar refractivity (Wildman–Crippen MR) is 125 cm³/mol. The maximum absolute atomic E-state index is 13.6. The van der Waals surface area contributed by atoms with E-state index < -0.39 is 17.6 Å². The van der Waals surface area contributed by atoms with Gasteiger partial charge in [0.2, 0.25) is 0 Å². The quantitative estimate of drug-likeness (QED) is 0.378. The summed E-state index contributed by atoms with van der Waals surface area (Å²) in [5, 5.41) is 2.57. The molecule has 1 amide bonds. The first kappa shape index (κ1) is 23.1. The van der Waals surface area contributed by atoms with Crippen LogP contribution < -0.4 is 5.32 Å². The molecule has 1 N–H and O–H groups in total. The Hall–Kier alpha value is -3.02. The van der Waals surface area contributed by atoms with E-state index in [1.807, 2.05) is 42.7 Å².